The highest BCUT2D eigenvalue weighted by Crippen LogP contribution is 2.26. The van der Waals surface area contributed by atoms with Crippen LogP contribution in [0.3, 0.4) is 0 Å². The molecule has 4 rings (SSSR count). The number of nitrogens with one attached hydrogen (secondary N) is 1. The number of carbonyl (C=O) groups is 2. The first kappa shape index (κ1) is 14.5. The van der Waals surface area contributed by atoms with Crippen molar-refractivity contribution in [2.24, 2.45) is 0 Å². The lowest BCUT2D eigenvalue weighted by Gasteiger charge is -2.11. The molecule has 0 bridgehead atoms. The van der Waals surface area contributed by atoms with Crippen LogP contribution in [0.2, 0.25) is 0 Å². The molecule has 0 aliphatic carbocycles. The minimum atomic E-state index is -0.275. The van der Waals surface area contributed by atoms with Crippen molar-refractivity contribution in [3.05, 3.63) is 70.9 Å². The number of anilines is 2. The highest BCUT2D eigenvalue weighted by atomic mass is 32.1. The summed E-state index contributed by atoms with van der Waals surface area (Å²) in [5.41, 5.74) is 1.56. The Kier molecular flexibility index (Phi) is 3.55. The van der Waals surface area contributed by atoms with Crippen molar-refractivity contribution in [2.75, 3.05) is 5.32 Å². The molecular formula is C17H12N4O2S. The van der Waals surface area contributed by atoms with Gasteiger partial charge in [-0.1, -0.05) is 18.2 Å². The number of amides is 2. The molecule has 2 amide bonds. The van der Waals surface area contributed by atoms with Gasteiger partial charge in [-0.05, 0) is 24.3 Å². The summed E-state index contributed by atoms with van der Waals surface area (Å²) >= 11 is 1.40. The van der Waals surface area contributed by atoms with E-state index in [4.69, 9.17) is 0 Å². The van der Waals surface area contributed by atoms with Crippen LogP contribution in [0, 0.1) is 0 Å². The summed E-state index contributed by atoms with van der Waals surface area (Å²) in [5, 5.41) is 5.59. The van der Waals surface area contributed by atoms with E-state index in [1.54, 1.807) is 30.5 Å². The molecule has 0 radical (unpaired) electrons. The monoisotopic (exact) mass is 336 g/mol. The average Bonchev–Trinajstić information content (AvgIpc) is 3.15. The summed E-state index contributed by atoms with van der Waals surface area (Å²) in [6.07, 6.45) is 1.69. The standard InChI is InChI=1S/C17H12N4O2S/c22-15-12-5-1-2-6-13(12)16(23)21(15)9-11-10-24-17(19-11)20-14-7-3-4-8-18-14/h1-8,10H,9H2,(H,18,19,20). The van der Waals surface area contributed by atoms with Crippen molar-refractivity contribution in [3.63, 3.8) is 0 Å². The first-order valence-corrected chi connectivity index (χ1v) is 8.18. The Balaban J connectivity index is 1.51. The van der Waals surface area contributed by atoms with Gasteiger partial charge < -0.3 is 5.32 Å². The van der Waals surface area contributed by atoms with Crippen LogP contribution in [0.15, 0.2) is 54.0 Å². The molecule has 0 spiro atoms. The molecule has 24 heavy (non-hydrogen) atoms. The zero-order chi connectivity index (χ0) is 16.5. The third kappa shape index (κ3) is 2.55. The van der Waals surface area contributed by atoms with Crippen LogP contribution in [-0.4, -0.2) is 26.7 Å². The van der Waals surface area contributed by atoms with Gasteiger partial charge in [0.05, 0.1) is 23.4 Å². The third-order valence-corrected chi connectivity index (χ3v) is 4.46. The SMILES string of the molecule is O=C1c2ccccc2C(=O)N1Cc1csc(Nc2ccccn2)n1. The van der Waals surface area contributed by atoms with Crippen molar-refractivity contribution in [1.29, 1.82) is 0 Å². The Labute approximate surface area is 141 Å². The van der Waals surface area contributed by atoms with Gasteiger partial charge in [-0.25, -0.2) is 9.97 Å². The smallest absolute Gasteiger partial charge is 0.261 e. The summed E-state index contributed by atoms with van der Waals surface area (Å²) in [7, 11) is 0. The summed E-state index contributed by atoms with van der Waals surface area (Å²) in [4.78, 5) is 34.6. The predicted octanol–water partition coefficient (Wildman–Crippen LogP) is 3.08. The van der Waals surface area contributed by atoms with E-state index in [1.807, 2.05) is 23.6 Å². The molecule has 1 aliphatic rings. The first-order chi connectivity index (χ1) is 11.7. The van der Waals surface area contributed by atoms with Crippen LogP contribution in [-0.2, 0) is 6.54 Å². The maximum atomic E-state index is 12.4. The quantitative estimate of drug-likeness (QED) is 0.741. The van der Waals surface area contributed by atoms with E-state index in [0.29, 0.717) is 27.8 Å². The Morgan fingerprint density at radius 3 is 2.38 bits per heavy atom. The molecule has 0 fully saturated rings. The second-order valence-electron chi connectivity index (χ2n) is 5.23. The molecule has 3 heterocycles. The molecule has 0 saturated heterocycles. The minimum Gasteiger partial charge on any atom is -0.316 e. The number of hydrogen-bond donors (Lipinski definition) is 1. The van der Waals surface area contributed by atoms with Crippen molar-refractivity contribution in [1.82, 2.24) is 14.9 Å². The van der Waals surface area contributed by atoms with Gasteiger partial charge in [0.2, 0.25) is 0 Å². The molecule has 6 nitrogen and oxygen atoms in total. The Morgan fingerprint density at radius 1 is 1.00 bits per heavy atom. The van der Waals surface area contributed by atoms with E-state index in [-0.39, 0.29) is 18.4 Å². The van der Waals surface area contributed by atoms with Crippen molar-refractivity contribution < 1.29 is 9.59 Å². The topological polar surface area (TPSA) is 75.2 Å². The number of imide groups is 1. The summed E-state index contributed by atoms with van der Waals surface area (Å²) in [6, 6.07) is 12.4. The molecular weight excluding hydrogens is 324 g/mol. The lowest BCUT2D eigenvalue weighted by Crippen LogP contribution is -2.29. The van der Waals surface area contributed by atoms with Crippen LogP contribution in [0.4, 0.5) is 10.9 Å². The lowest BCUT2D eigenvalue weighted by atomic mass is 10.1. The van der Waals surface area contributed by atoms with E-state index in [1.165, 1.54) is 16.2 Å². The zero-order valence-corrected chi connectivity index (χ0v) is 13.3. The molecule has 2 aromatic heterocycles. The number of benzene rings is 1. The van der Waals surface area contributed by atoms with Gasteiger partial charge in [0.15, 0.2) is 5.13 Å². The second-order valence-corrected chi connectivity index (χ2v) is 6.08. The van der Waals surface area contributed by atoms with E-state index >= 15 is 0 Å². The second kappa shape index (κ2) is 5.86. The van der Waals surface area contributed by atoms with Gasteiger partial charge in [0, 0.05) is 11.6 Å². The Hall–Kier alpha value is -3.06. The van der Waals surface area contributed by atoms with Gasteiger partial charge in [-0.15, -0.1) is 11.3 Å². The van der Waals surface area contributed by atoms with Gasteiger partial charge in [0.25, 0.3) is 11.8 Å². The van der Waals surface area contributed by atoms with Gasteiger partial charge in [0.1, 0.15) is 5.82 Å². The number of nitrogens with zero attached hydrogens (tertiary/aromatic N) is 3. The number of pyridine rings is 1. The fourth-order valence-corrected chi connectivity index (χ4v) is 3.24. The fourth-order valence-electron chi connectivity index (χ4n) is 2.53. The molecule has 1 aliphatic heterocycles. The molecule has 3 aromatic rings. The van der Waals surface area contributed by atoms with Crippen LogP contribution in [0.25, 0.3) is 0 Å². The van der Waals surface area contributed by atoms with Crippen molar-refractivity contribution in [3.8, 4) is 0 Å². The number of carbonyl (C=O) groups excluding carboxylic acids is 2. The number of aromatic nitrogens is 2. The fraction of sp³-hybridized carbons (Fsp3) is 0.0588. The predicted molar refractivity (Wildman–Crippen MR) is 90.3 cm³/mol. The highest BCUT2D eigenvalue weighted by Gasteiger charge is 2.35. The maximum absolute atomic E-state index is 12.4. The molecule has 1 N–H and O–H groups in total. The van der Waals surface area contributed by atoms with E-state index in [0.717, 1.165) is 0 Å². The van der Waals surface area contributed by atoms with Gasteiger partial charge in [-0.2, -0.15) is 0 Å². The Bertz CT molecular complexity index is 888. The molecule has 1 aromatic carbocycles. The number of hydrogen-bond acceptors (Lipinski definition) is 6. The van der Waals surface area contributed by atoms with Gasteiger partial charge in [-0.3, -0.25) is 14.5 Å². The van der Waals surface area contributed by atoms with Gasteiger partial charge >= 0.3 is 0 Å². The minimum absolute atomic E-state index is 0.159. The zero-order valence-electron chi connectivity index (χ0n) is 12.5. The molecule has 118 valence electrons. The van der Waals surface area contributed by atoms with Crippen molar-refractivity contribution in [2.45, 2.75) is 6.54 Å². The van der Waals surface area contributed by atoms with Crippen LogP contribution in [0.1, 0.15) is 26.4 Å². The molecule has 0 saturated carbocycles. The summed E-state index contributed by atoms with van der Waals surface area (Å²) < 4.78 is 0. The van der Waals surface area contributed by atoms with E-state index in [2.05, 4.69) is 15.3 Å². The highest BCUT2D eigenvalue weighted by molar-refractivity contribution is 7.13. The van der Waals surface area contributed by atoms with Crippen LogP contribution < -0.4 is 5.32 Å². The third-order valence-electron chi connectivity index (χ3n) is 3.65. The van der Waals surface area contributed by atoms with Crippen LogP contribution in [0.5, 0.6) is 0 Å². The van der Waals surface area contributed by atoms with E-state index < -0.39 is 0 Å². The maximum Gasteiger partial charge on any atom is 0.261 e. The summed E-state index contributed by atoms with van der Waals surface area (Å²) in [5.74, 6) is 0.143. The molecule has 0 unspecified atom stereocenters. The van der Waals surface area contributed by atoms with Crippen molar-refractivity contribution >= 4 is 34.1 Å². The van der Waals surface area contributed by atoms with Crippen LogP contribution >= 0.6 is 11.3 Å². The molecule has 7 heteroatoms. The normalized spacial score (nSPS) is 13.2. The first-order valence-electron chi connectivity index (χ1n) is 7.30. The number of thiazole rings is 1. The average molecular weight is 336 g/mol. The van der Waals surface area contributed by atoms with E-state index in [9.17, 15) is 9.59 Å². The Morgan fingerprint density at radius 2 is 1.71 bits per heavy atom. The largest absolute Gasteiger partial charge is 0.316 e. The number of rotatable bonds is 4. The number of fused-ring (bicyclic) bond motifs is 1. The lowest BCUT2D eigenvalue weighted by molar-refractivity contribution is 0.0640. The summed E-state index contributed by atoms with van der Waals surface area (Å²) in [6.45, 7) is 0.159. The molecule has 0 atom stereocenters.